The van der Waals surface area contributed by atoms with Gasteiger partial charge in [-0.25, -0.2) is 0 Å². The fourth-order valence-electron chi connectivity index (χ4n) is 1.83. The third kappa shape index (κ3) is 4.50. The number of rotatable bonds is 4. The van der Waals surface area contributed by atoms with Crippen molar-refractivity contribution in [3.8, 4) is 0 Å². The molecule has 0 saturated carbocycles. The molecule has 0 unspecified atom stereocenters. The lowest BCUT2D eigenvalue weighted by Gasteiger charge is -2.24. The van der Waals surface area contributed by atoms with E-state index < -0.39 is 0 Å². The molecule has 0 saturated heterocycles. The second kappa shape index (κ2) is 5.94. The Labute approximate surface area is 92.7 Å². The molecule has 0 fully saturated rings. The van der Waals surface area contributed by atoms with Crippen LogP contribution in [0, 0.1) is 17.8 Å². The summed E-state index contributed by atoms with van der Waals surface area (Å²) in [6, 6.07) is 0. The Hall–Kier alpha value is -0.790. The van der Waals surface area contributed by atoms with Crippen LogP contribution in [0.5, 0.6) is 0 Å². The predicted octanol–water partition coefficient (Wildman–Crippen LogP) is 3.18. The lowest BCUT2D eigenvalue weighted by atomic mass is 9.85. The molecule has 0 bridgehead atoms. The van der Waals surface area contributed by atoms with E-state index >= 15 is 0 Å². The van der Waals surface area contributed by atoms with E-state index in [9.17, 15) is 4.79 Å². The maximum Gasteiger partial charge on any atom is 0.306 e. The molecular weight excluding hydrogens is 188 g/mol. The van der Waals surface area contributed by atoms with Crippen molar-refractivity contribution in [2.45, 2.75) is 40.0 Å². The second-order valence-corrected chi connectivity index (χ2v) is 4.96. The molecule has 1 aliphatic carbocycles. The minimum atomic E-state index is -0.0493. The van der Waals surface area contributed by atoms with Gasteiger partial charge in [0, 0.05) is 6.42 Å². The number of carbonyl (C=O) groups excluding carboxylic acids is 1. The molecule has 0 aromatic carbocycles. The van der Waals surface area contributed by atoms with Gasteiger partial charge in [0.05, 0.1) is 6.61 Å². The highest BCUT2D eigenvalue weighted by Gasteiger charge is 2.19. The minimum absolute atomic E-state index is 0.0493. The second-order valence-electron chi connectivity index (χ2n) is 4.96. The fourth-order valence-corrected chi connectivity index (χ4v) is 1.83. The van der Waals surface area contributed by atoms with E-state index in [1.54, 1.807) is 0 Å². The molecule has 1 aliphatic rings. The van der Waals surface area contributed by atoms with Crippen LogP contribution in [0.25, 0.3) is 0 Å². The van der Waals surface area contributed by atoms with Crippen molar-refractivity contribution < 1.29 is 9.53 Å². The monoisotopic (exact) mass is 210 g/mol. The Morgan fingerprint density at radius 3 is 2.67 bits per heavy atom. The van der Waals surface area contributed by atoms with Crippen molar-refractivity contribution in [2.24, 2.45) is 17.8 Å². The molecule has 0 aromatic heterocycles. The molecular formula is C13H22O2. The number of carbonyl (C=O) groups is 1. The quantitative estimate of drug-likeness (QED) is 0.526. The summed E-state index contributed by atoms with van der Waals surface area (Å²) in [4.78, 5) is 11.4. The molecule has 2 atom stereocenters. The van der Waals surface area contributed by atoms with Gasteiger partial charge in [0.1, 0.15) is 0 Å². The molecule has 0 spiro atoms. The van der Waals surface area contributed by atoms with Crippen molar-refractivity contribution in [3.63, 3.8) is 0 Å². The van der Waals surface area contributed by atoms with E-state index in [0.717, 1.165) is 12.8 Å². The van der Waals surface area contributed by atoms with Crippen LogP contribution < -0.4 is 0 Å². The average molecular weight is 210 g/mol. The van der Waals surface area contributed by atoms with E-state index in [1.165, 1.54) is 0 Å². The van der Waals surface area contributed by atoms with Crippen LogP contribution in [0.15, 0.2) is 12.2 Å². The standard InChI is InChI=1S/C13H22O2/c1-10(2)8-13(14)15-9-12-7-5-4-6-11(12)3/h4-5,10-12H,6-9H2,1-3H3/t11-,12+/m0/s1. The molecule has 15 heavy (non-hydrogen) atoms. The first-order valence-corrected chi connectivity index (χ1v) is 5.90. The van der Waals surface area contributed by atoms with Gasteiger partial charge in [-0.2, -0.15) is 0 Å². The molecule has 0 radical (unpaired) electrons. The first-order valence-electron chi connectivity index (χ1n) is 5.90. The molecule has 0 aromatic rings. The summed E-state index contributed by atoms with van der Waals surface area (Å²) >= 11 is 0. The molecule has 0 N–H and O–H groups in total. The molecule has 2 nitrogen and oxygen atoms in total. The maximum absolute atomic E-state index is 11.4. The molecule has 2 heteroatoms. The summed E-state index contributed by atoms with van der Waals surface area (Å²) in [5, 5.41) is 0. The van der Waals surface area contributed by atoms with Crippen LogP contribution in [0.1, 0.15) is 40.0 Å². The highest BCUT2D eigenvalue weighted by atomic mass is 16.5. The Morgan fingerprint density at radius 1 is 1.40 bits per heavy atom. The Balaban J connectivity index is 2.24. The van der Waals surface area contributed by atoms with Gasteiger partial charge in [0.25, 0.3) is 0 Å². The maximum atomic E-state index is 11.4. The van der Waals surface area contributed by atoms with Gasteiger partial charge in [-0.15, -0.1) is 0 Å². The number of allylic oxidation sites excluding steroid dienone is 2. The minimum Gasteiger partial charge on any atom is -0.465 e. The highest BCUT2D eigenvalue weighted by molar-refractivity contribution is 5.69. The van der Waals surface area contributed by atoms with Crippen LogP contribution in [-0.4, -0.2) is 12.6 Å². The van der Waals surface area contributed by atoms with Crippen molar-refractivity contribution in [1.29, 1.82) is 0 Å². The van der Waals surface area contributed by atoms with Gasteiger partial charge in [-0.05, 0) is 30.6 Å². The summed E-state index contributed by atoms with van der Waals surface area (Å²) in [6.45, 7) is 6.89. The molecule has 1 rings (SSSR count). The number of hydrogen-bond donors (Lipinski definition) is 0. The van der Waals surface area contributed by atoms with Gasteiger partial charge in [0.15, 0.2) is 0 Å². The van der Waals surface area contributed by atoms with Crippen molar-refractivity contribution in [3.05, 3.63) is 12.2 Å². The van der Waals surface area contributed by atoms with Crippen LogP contribution in [0.3, 0.4) is 0 Å². The lowest BCUT2D eigenvalue weighted by molar-refractivity contribution is -0.146. The van der Waals surface area contributed by atoms with Gasteiger partial charge >= 0.3 is 5.97 Å². The number of esters is 1. The van der Waals surface area contributed by atoms with Crippen LogP contribution in [0.2, 0.25) is 0 Å². The smallest absolute Gasteiger partial charge is 0.306 e. The topological polar surface area (TPSA) is 26.3 Å². The summed E-state index contributed by atoms with van der Waals surface area (Å²) in [6.07, 6.45) is 7.12. The summed E-state index contributed by atoms with van der Waals surface area (Å²) < 4.78 is 5.29. The Morgan fingerprint density at radius 2 is 2.07 bits per heavy atom. The average Bonchev–Trinajstić information content (AvgIpc) is 2.15. The highest BCUT2D eigenvalue weighted by Crippen LogP contribution is 2.25. The zero-order chi connectivity index (χ0) is 11.3. The Bertz CT molecular complexity index is 231. The van der Waals surface area contributed by atoms with Gasteiger partial charge < -0.3 is 4.74 Å². The van der Waals surface area contributed by atoms with Crippen LogP contribution in [0.4, 0.5) is 0 Å². The molecule has 0 heterocycles. The molecule has 0 aliphatic heterocycles. The van der Waals surface area contributed by atoms with Crippen molar-refractivity contribution in [1.82, 2.24) is 0 Å². The largest absolute Gasteiger partial charge is 0.465 e. The lowest BCUT2D eigenvalue weighted by Crippen LogP contribution is -2.22. The van der Waals surface area contributed by atoms with Crippen molar-refractivity contribution in [2.75, 3.05) is 6.61 Å². The first-order chi connectivity index (χ1) is 7.09. The summed E-state index contributed by atoms with van der Waals surface area (Å²) in [7, 11) is 0. The Kier molecular flexibility index (Phi) is 4.86. The van der Waals surface area contributed by atoms with Crippen LogP contribution >= 0.6 is 0 Å². The third-order valence-electron chi connectivity index (χ3n) is 2.95. The van der Waals surface area contributed by atoms with E-state index in [2.05, 4.69) is 19.1 Å². The van der Waals surface area contributed by atoms with E-state index in [4.69, 9.17) is 4.74 Å². The van der Waals surface area contributed by atoms with E-state index in [-0.39, 0.29) is 5.97 Å². The fraction of sp³-hybridized carbons (Fsp3) is 0.769. The third-order valence-corrected chi connectivity index (χ3v) is 2.95. The van der Waals surface area contributed by atoms with Crippen molar-refractivity contribution >= 4 is 5.97 Å². The normalized spacial score (nSPS) is 25.6. The molecule has 0 amide bonds. The van der Waals surface area contributed by atoms with Gasteiger partial charge in [0.2, 0.25) is 0 Å². The van der Waals surface area contributed by atoms with Crippen LogP contribution in [-0.2, 0) is 9.53 Å². The summed E-state index contributed by atoms with van der Waals surface area (Å²) in [5.74, 6) is 1.50. The SMILES string of the molecule is CC(C)CC(=O)OC[C@H]1CC=CC[C@@H]1C. The number of ether oxygens (including phenoxy) is 1. The predicted molar refractivity (Wildman–Crippen MR) is 61.4 cm³/mol. The van der Waals surface area contributed by atoms with E-state index in [0.29, 0.717) is 30.8 Å². The van der Waals surface area contributed by atoms with E-state index in [1.807, 2.05) is 13.8 Å². The van der Waals surface area contributed by atoms with Gasteiger partial charge in [-0.3, -0.25) is 4.79 Å². The zero-order valence-corrected chi connectivity index (χ0v) is 10.0. The molecule has 86 valence electrons. The first kappa shape index (κ1) is 12.3. The number of hydrogen-bond acceptors (Lipinski definition) is 2. The summed E-state index contributed by atoms with van der Waals surface area (Å²) in [5.41, 5.74) is 0. The zero-order valence-electron chi connectivity index (χ0n) is 10.0. The van der Waals surface area contributed by atoms with Gasteiger partial charge in [-0.1, -0.05) is 32.9 Å².